The zero-order valence-corrected chi connectivity index (χ0v) is 12.3. The van der Waals surface area contributed by atoms with Crippen molar-refractivity contribution < 1.29 is 37.7 Å². The highest BCUT2D eigenvalue weighted by atomic mass is 19.1. The van der Waals surface area contributed by atoms with Crippen LogP contribution in [0.2, 0.25) is 0 Å². The minimum absolute atomic E-state index is 0.179. The van der Waals surface area contributed by atoms with Crippen LogP contribution in [0.5, 0.6) is 0 Å². The molecule has 5 atom stereocenters. The van der Waals surface area contributed by atoms with E-state index in [0.29, 0.717) is 0 Å². The fourth-order valence-electron chi connectivity index (χ4n) is 1.99. The van der Waals surface area contributed by atoms with E-state index in [-0.39, 0.29) is 6.61 Å². The average Bonchev–Trinajstić information content (AvgIpc) is 2.35. The standard InChI is InChI=1S/C13H19FO7/c1-6-10(5-18-7(2)15)21-13(20-9(4)17)12(11(6)14)19-8(3)16/h6,10-13H,5H2,1-4H3/t6-,10+,11-,12+,13?/m0/s1. The lowest BCUT2D eigenvalue weighted by Gasteiger charge is -2.40. The van der Waals surface area contributed by atoms with Gasteiger partial charge in [-0.1, -0.05) is 6.92 Å². The number of halogens is 1. The highest BCUT2D eigenvalue weighted by Gasteiger charge is 2.48. The highest BCUT2D eigenvalue weighted by molar-refractivity contribution is 5.67. The summed E-state index contributed by atoms with van der Waals surface area (Å²) >= 11 is 0. The van der Waals surface area contributed by atoms with Gasteiger partial charge in [0, 0.05) is 26.7 Å². The number of esters is 3. The Labute approximate surface area is 121 Å². The van der Waals surface area contributed by atoms with Gasteiger partial charge in [-0.15, -0.1) is 0 Å². The minimum atomic E-state index is -1.62. The summed E-state index contributed by atoms with van der Waals surface area (Å²) in [4.78, 5) is 32.9. The zero-order valence-electron chi connectivity index (χ0n) is 12.3. The van der Waals surface area contributed by atoms with E-state index >= 15 is 0 Å². The molecule has 1 aliphatic heterocycles. The molecule has 1 saturated heterocycles. The van der Waals surface area contributed by atoms with Crippen molar-refractivity contribution in [1.82, 2.24) is 0 Å². The van der Waals surface area contributed by atoms with Crippen molar-refractivity contribution in [3.63, 3.8) is 0 Å². The Morgan fingerprint density at radius 2 is 1.62 bits per heavy atom. The van der Waals surface area contributed by atoms with Crippen LogP contribution >= 0.6 is 0 Å². The molecule has 21 heavy (non-hydrogen) atoms. The van der Waals surface area contributed by atoms with Gasteiger partial charge in [0.15, 0.2) is 6.10 Å². The summed E-state index contributed by atoms with van der Waals surface area (Å²) in [5.41, 5.74) is 0. The number of carbonyl (C=O) groups excluding carboxylic acids is 3. The highest BCUT2D eigenvalue weighted by Crippen LogP contribution is 2.31. The Morgan fingerprint density at radius 1 is 1.05 bits per heavy atom. The van der Waals surface area contributed by atoms with Gasteiger partial charge in [0.1, 0.15) is 18.9 Å². The lowest BCUT2D eigenvalue weighted by Crippen LogP contribution is -2.55. The van der Waals surface area contributed by atoms with Crippen molar-refractivity contribution in [2.24, 2.45) is 5.92 Å². The van der Waals surface area contributed by atoms with Gasteiger partial charge in [-0.3, -0.25) is 14.4 Å². The molecule has 1 rings (SSSR count). The van der Waals surface area contributed by atoms with Crippen molar-refractivity contribution in [3.8, 4) is 0 Å². The van der Waals surface area contributed by atoms with E-state index < -0.39 is 48.5 Å². The second kappa shape index (κ2) is 7.35. The predicted molar refractivity (Wildman–Crippen MR) is 66.7 cm³/mol. The van der Waals surface area contributed by atoms with Crippen LogP contribution in [-0.4, -0.2) is 49.2 Å². The SMILES string of the molecule is CC(=O)OC[C@H]1OC(OC(C)=O)[C@H](OC(C)=O)[C@@H](F)[C@H]1C. The monoisotopic (exact) mass is 306 g/mol. The third-order valence-electron chi connectivity index (χ3n) is 3.01. The normalized spacial score (nSPS) is 32.1. The lowest BCUT2D eigenvalue weighted by molar-refractivity contribution is -0.274. The topological polar surface area (TPSA) is 88.1 Å². The maximum Gasteiger partial charge on any atom is 0.305 e. The largest absolute Gasteiger partial charge is 0.463 e. The first kappa shape index (κ1) is 17.4. The second-order valence-corrected chi connectivity index (χ2v) is 4.83. The van der Waals surface area contributed by atoms with Gasteiger partial charge in [-0.2, -0.15) is 0 Å². The first-order chi connectivity index (χ1) is 9.72. The zero-order chi connectivity index (χ0) is 16.2. The summed E-state index contributed by atoms with van der Waals surface area (Å²) in [6.07, 6.45) is -5.15. The van der Waals surface area contributed by atoms with Crippen LogP contribution in [0.15, 0.2) is 0 Å². The van der Waals surface area contributed by atoms with E-state index in [1.54, 1.807) is 0 Å². The van der Waals surface area contributed by atoms with Gasteiger partial charge >= 0.3 is 17.9 Å². The van der Waals surface area contributed by atoms with Crippen molar-refractivity contribution in [2.75, 3.05) is 6.61 Å². The maximum atomic E-state index is 14.4. The number of rotatable bonds is 4. The van der Waals surface area contributed by atoms with Crippen LogP contribution in [0, 0.1) is 5.92 Å². The van der Waals surface area contributed by atoms with Gasteiger partial charge < -0.3 is 18.9 Å². The molecular weight excluding hydrogens is 287 g/mol. The molecule has 120 valence electrons. The summed E-state index contributed by atoms with van der Waals surface area (Å²) < 4.78 is 34.3. The molecule has 1 heterocycles. The first-order valence-corrected chi connectivity index (χ1v) is 6.49. The Bertz CT molecular complexity index is 409. The molecule has 0 saturated carbocycles. The van der Waals surface area contributed by atoms with Gasteiger partial charge in [-0.05, 0) is 0 Å². The molecule has 0 aromatic rings. The number of hydrogen-bond acceptors (Lipinski definition) is 7. The van der Waals surface area contributed by atoms with E-state index in [2.05, 4.69) is 0 Å². The molecule has 0 radical (unpaired) electrons. The van der Waals surface area contributed by atoms with E-state index in [9.17, 15) is 18.8 Å². The molecule has 1 fully saturated rings. The van der Waals surface area contributed by atoms with E-state index in [4.69, 9.17) is 18.9 Å². The summed E-state index contributed by atoms with van der Waals surface area (Å²) in [5.74, 6) is -2.66. The molecule has 0 aromatic heterocycles. The fraction of sp³-hybridized carbons (Fsp3) is 0.769. The second-order valence-electron chi connectivity index (χ2n) is 4.83. The Morgan fingerprint density at radius 3 is 2.10 bits per heavy atom. The van der Waals surface area contributed by atoms with Crippen molar-refractivity contribution in [1.29, 1.82) is 0 Å². The predicted octanol–water partition coefficient (Wildman–Crippen LogP) is 0.743. The third-order valence-corrected chi connectivity index (χ3v) is 3.01. The van der Waals surface area contributed by atoms with Crippen molar-refractivity contribution >= 4 is 17.9 Å². The molecule has 1 aliphatic rings. The van der Waals surface area contributed by atoms with Crippen molar-refractivity contribution in [3.05, 3.63) is 0 Å². The number of ether oxygens (including phenoxy) is 4. The molecule has 0 bridgehead atoms. The smallest absolute Gasteiger partial charge is 0.305 e. The molecule has 0 amide bonds. The summed E-state index contributed by atoms with van der Waals surface area (Å²) in [6.45, 7) is 4.81. The van der Waals surface area contributed by atoms with Crippen LogP contribution in [0.1, 0.15) is 27.7 Å². The molecule has 0 spiro atoms. The van der Waals surface area contributed by atoms with Gasteiger partial charge in [0.2, 0.25) is 6.29 Å². The Hall–Kier alpha value is -1.70. The minimum Gasteiger partial charge on any atom is -0.463 e. The molecule has 0 N–H and O–H groups in total. The fourth-order valence-corrected chi connectivity index (χ4v) is 1.99. The van der Waals surface area contributed by atoms with E-state index in [1.165, 1.54) is 13.8 Å². The first-order valence-electron chi connectivity index (χ1n) is 6.49. The average molecular weight is 306 g/mol. The molecule has 8 heteroatoms. The molecular formula is C13H19FO7. The van der Waals surface area contributed by atoms with Gasteiger partial charge in [0.25, 0.3) is 0 Å². The van der Waals surface area contributed by atoms with Crippen LogP contribution in [0.25, 0.3) is 0 Å². The third kappa shape index (κ3) is 4.96. The summed E-state index contributed by atoms with van der Waals surface area (Å²) in [5, 5.41) is 0. The Kier molecular flexibility index (Phi) is 6.07. The van der Waals surface area contributed by atoms with Crippen LogP contribution < -0.4 is 0 Å². The van der Waals surface area contributed by atoms with Crippen molar-refractivity contribution in [2.45, 2.75) is 52.4 Å². The van der Waals surface area contributed by atoms with Crippen LogP contribution in [0.3, 0.4) is 0 Å². The molecule has 0 aliphatic carbocycles. The summed E-state index contributed by atoms with van der Waals surface area (Å²) in [7, 11) is 0. The number of alkyl halides is 1. The van der Waals surface area contributed by atoms with Crippen LogP contribution in [0.4, 0.5) is 4.39 Å². The quantitative estimate of drug-likeness (QED) is 0.559. The number of hydrogen-bond donors (Lipinski definition) is 0. The van der Waals surface area contributed by atoms with Crippen LogP contribution in [-0.2, 0) is 33.3 Å². The van der Waals surface area contributed by atoms with Gasteiger partial charge in [-0.25, -0.2) is 4.39 Å². The lowest BCUT2D eigenvalue weighted by atomic mass is 9.92. The Balaban J connectivity index is 2.84. The molecule has 7 nitrogen and oxygen atoms in total. The maximum absolute atomic E-state index is 14.4. The molecule has 1 unspecified atom stereocenters. The summed E-state index contributed by atoms with van der Waals surface area (Å²) in [6, 6.07) is 0. The molecule has 0 aromatic carbocycles. The van der Waals surface area contributed by atoms with E-state index in [0.717, 1.165) is 13.8 Å². The number of carbonyl (C=O) groups is 3. The van der Waals surface area contributed by atoms with E-state index in [1.807, 2.05) is 0 Å². The van der Waals surface area contributed by atoms with Gasteiger partial charge in [0.05, 0.1) is 0 Å².